The van der Waals surface area contributed by atoms with E-state index in [9.17, 15) is 14.9 Å². The van der Waals surface area contributed by atoms with Gasteiger partial charge in [0.2, 0.25) is 0 Å². The first-order chi connectivity index (χ1) is 9.08. The summed E-state index contributed by atoms with van der Waals surface area (Å²) in [4.78, 5) is 21.8. The lowest BCUT2D eigenvalue weighted by Gasteiger charge is -2.04. The number of benzene rings is 2. The smallest absolute Gasteiger partial charge is 0.280 e. The van der Waals surface area contributed by atoms with Crippen LogP contribution in [0.3, 0.4) is 0 Å². The quantitative estimate of drug-likeness (QED) is 0.478. The average Bonchev–Trinajstić information content (AvgIpc) is 2.39. The van der Waals surface area contributed by atoms with E-state index in [-0.39, 0.29) is 17.0 Å². The number of hydrogen-bond donors (Lipinski definition) is 0. The summed E-state index contributed by atoms with van der Waals surface area (Å²) in [5, 5.41) is 10.8. The molecule has 0 heterocycles. The number of nitro groups is 1. The van der Waals surface area contributed by atoms with Crippen LogP contribution in [-0.2, 0) is 6.42 Å². The summed E-state index contributed by atoms with van der Waals surface area (Å²) in [6, 6.07) is 14.5. The summed E-state index contributed by atoms with van der Waals surface area (Å²) in [5.41, 5.74) is 2.02. The molecule has 4 nitrogen and oxygen atoms in total. The highest BCUT2D eigenvalue weighted by molar-refractivity contribution is 5.98. The number of rotatable bonds is 4. The van der Waals surface area contributed by atoms with E-state index in [2.05, 4.69) is 0 Å². The largest absolute Gasteiger partial charge is 0.294 e. The van der Waals surface area contributed by atoms with Crippen molar-refractivity contribution in [1.82, 2.24) is 0 Å². The molecule has 0 saturated heterocycles. The lowest BCUT2D eigenvalue weighted by molar-refractivity contribution is -0.385. The van der Waals surface area contributed by atoms with Gasteiger partial charge in [0.25, 0.3) is 5.69 Å². The molecule has 0 saturated carbocycles. The van der Waals surface area contributed by atoms with Crippen LogP contribution in [0.25, 0.3) is 0 Å². The molecule has 2 rings (SSSR count). The molecule has 0 aliphatic carbocycles. The van der Waals surface area contributed by atoms with E-state index in [1.54, 1.807) is 12.1 Å². The summed E-state index contributed by atoms with van der Waals surface area (Å²) in [6.07, 6.45) is 0.652. The van der Waals surface area contributed by atoms with Crippen LogP contribution in [0.5, 0.6) is 0 Å². The third kappa shape index (κ3) is 3.04. The lowest BCUT2D eigenvalue weighted by atomic mass is 10.0. The Morgan fingerprint density at radius 1 is 1.11 bits per heavy atom. The Morgan fingerprint density at radius 3 is 2.37 bits per heavy atom. The molecule has 0 spiro atoms. The zero-order chi connectivity index (χ0) is 13.8. The van der Waals surface area contributed by atoms with Gasteiger partial charge in [0.05, 0.1) is 10.5 Å². The fourth-order valence-corrected chi connectivity index (χ4v) is 1.97. The number of carbonyl (C=O) groups excluding carboxylic acids is 1. The molecule has 0 aromatic heterocycles. The first-order valence-electron chi connectivity index (χ1n) is 5.90. The molecular weight excluding hydrogens is 242 g/mol. The third-order valence-corrected chi connectivity index (χ3v) is 2.89. The number of nitro benzene ring substituents is 1. The zero-order valence-corrected chi connectivity index (χ0v) is 10.5. The Hall–Kier alpha value is -2.49. The molecular formula is C15H13NO3. The first-order valence-corrected chi connectivity index (χ1v) is 5.90. The van der Waals surface area contributed by atoms with Crippen molar-refractivity contribution in [2.24, 2.45) is 0 Å². The molecule has 4 heteroatoms. The summed E-state index contributed by atoms with van der Waals surface area (Å²) in [6.45, 7) is 1.34. The maximum atomic E-state index is 11.5. The Balaban J connectivity index is 2.36. The summed E-state index contributed by atoms with van der Waals surface area (Å²) in [7, 11) is 0. The van der Waals surface area contributed by atoms with Crippen LogP contribution in [0, 0.1) is 10.1 Å². The molecule has 0 unspecified atom stereocenters. The van der Waals surface area contributed by atoms with E-state index >= 15 is 0 Å². The van der Waals surface area contributed by atoms with Crippen LogP contribution in [0.4, 0.5) is 5.69 Å². The van der Waals surface area contributed by atoms with E-state index < -0.39 is 4.92 Å². The van der Waals surface area contributed by atoms with Gasteiger partial charge in [-0.25, -0.2) is 0 Å². The van der Waals surface area contributed by atoms with Crippen LogP contribution >= 0.6 is 0 Å². The number of hydrogen-bond acceptors (Lipinski definition) is 3. The van der Waals surface area contributed by atoms with Crippen molar-refractivity contribution in [2.45, 2.75) is 13.3 Å². The Bertz CT molecular complexity index is 621. The van der Waals surface area contributed by atoms with Gasteiger partial charge in [-0.2, -0.15) is 0 Å². The molecule has 0 bridgehead atoms. The number of nitrogens with zero attached hydrogens (tertiary/aromatic N) is 1. The zero-order valence-electron chi connectivity index (χ0n) is 10.5. The van der Waals surface area contributed by atoms with Crippen LogP contribution in [0.2, 0.25) is 0 Å². The lowest BCUT2D eigenvalue weighted by Crippen LogP contribution is -2.01. The summed E-state index contributed by atoms with van der Waals surface area (Å²) < 4.78 is 0. The van der Waals surface area contributed by atoms with Crippen molar-refractivity contribution < 1.29 is 9.72 Å². The van der Waals surface area contributed by atoms with Crippen LogP contribution in [0.1, 0.15) is 28.4 Å². The highest BCUT2D eigenvalue weighted by Gasteiger charge is 2.17. The van der Waals surface area contributed by atoms with E-state index in [1.807, 2.05) is 30.3 Å². The fraction of sp³-hybridized carbons (Fsp3) is 0.133. The molecule has 0 aliphatic rings. The van der Waals surface area contributed by atoms with Crippen molar-refractivity contribution in [1.29, 1.82) is 0 Å². The topological polar surface area (TPSA) is 60.2 Å². The summed E-state index contributed by atoms with van der Waals surface area (Å²) >= 11 is 0. The van der Waals surface area contributed by atoms with Crippen LogP contribution < -0.4 is 0 Å². The van der Waals surface area contributed by atoms with Crippen LogP contribution in [-0.4, -0.2) is 10.7 Å². The first kappa shape index (κ1) is 13.0. The molecule has 0 fully saturated rings. The molecule has 2 aromatic carbocycles. The number of Topliss-reactive ketones (excluding diaryl/α,β-unsaturated/α-hetero) is 1. The Kier molecular flexibility index (Phi) is 3.71. The van der Waals surface area contributed by atoms with E-state index in [1.165, 1.54) is 13.0 Å². The normalized spacial score (nSPS) is 10.2. The third-order valence-electron chi connectivity index (χ3n) is 2.89. The Morgan fingerprint density at radius 2 is 1.79 bits per heavy atom. The molecule has 0 amide bonds. The minimum atomic E-state index is -0.525. The van der Waals surface area contributed by atoms with Gasteiger partial charge in [-0.3, -0.25) is 14.9 Å². The number of carbonyl (C=O) groups is 1. The number of ketones is 1. The van der Waals surface area contributed by atoms with Gasteiger partial charge in [-0.15, -0.1) is 0 Å². The van der Waals surface area contributed by atoms with Gasteiger partial charge >= 0.3 is 0 Å². The van der Waals surface area contributed by atoms with Gasteiger partial charge in [-0.05, 0) is 30.5 Å². The molecule has 0 radical (unpaired) electrons. The maximum Gasteiger partial charge on any atom is 0.280 e. The van der Waals surface area contributed by atoms with Crippen molar-refractivity contribution in [3.05, 3.63) is 75.3 Å². The van der Waals surface area contributed by atoms with E-state index in [0.29, 0.717) is 6.42 Å². The van der Waals surface area contributed by atoms with Gasteiger partial charge < -0.3 is 0 Å². The maximum absolute atomic E-state index is 11.5. The molecule has 19 heavy (non-hydrogen) atoms. The van der Waals surface area contributed by atoms with Gasteiger partial charge in [-0.1, -0.05) is 36.4 Å². The predicted molar refractivity (Wildman–Crippen MR) is 72.3 cm³/mol. The molecule has 96 valence electrons. The van der Waals surface area contributed by atoms with Gasteiger partial charge in [0, 0.05) is 6.07 Å². The van der Waals surface area contributed by atoms with Crippen molar-refractivity contribution in [2.75, 3.05) is 0 Å². The molecule has 0 atom stereocenters. The SMILES string of the molecule is CC(=O)c1cc(Cc2ccccc2)ccc1[N+](=O)[O-]. The van der Waals surface area contributed by atoms with Gasteiger partial charge in [0.15, 0.2) is 5.78 Å². The van der Waals surface area contributed by atoms with E-state index in [0.717, 1.165) is 11.1 Å². The van der Waals surface area contributed by atoms with Crippen molar-refractivity contribution >= 4 is 11.5 Å². The second kappa shape index (κ2) is 5.44. The van der Waals surface area contributed by atoms with E-state index in [4.69, 9.17) is 0 Å². The second-order valence-corrected chi connectivity index (χ2v) is 4.33. The fourth-order valence-electron chi connectivity index (χ4n) is 1.97. The van der Waals surface area contributed by atoms with Crippen molar-refractivity contribution in [3.63, 3.8) is 0 Å². The monoisotopic (exact) mass is 255 g/mol. The minimum Gasteiger partial charge on any atom is -0.294 e. The average molecular weight is 255 g/mol. The Labute approximate surface area is 110 Å². The van der Waals surface area contributed by atoms with Crippen LogP contribution in [0.15, 0.2) is 48.5 Å². The molecule has 2 aromatic rings. The molecule has 0 N–H and O–H groups in total. The summed E-state index contributed by atoms with van der Waals surface area (Å²) in [5.74, 6) is -0.290. The second-order valence-electron chi connectivity index (χ2n) is 4.33. The predicted octanol–water partition coefficient (Wildman–Crippen LogP) is 3.39. The van der Waals surface area contributed by atoms with Crippen molar-refractivity contribution in [3.8, 4) is 0 Å². The van der Waals surface area contributed by atoms with Gasteiger partial charge in [0.1, 0.15) is 0 Å². The highest BCUT2D eigenvalue weighted by Crippen LogP contribution is 2.22. The molecule has 0 aliphatic heterocycles. The highest BCUT2D eigenvalue weighted by atomic mass is 16.6. The minimum absolute atomic E-state index is 0.135. The standard InChI is InChI=1S/C15H13NO3/c1-11(17)14-10-13(7-8-15(14)16(18)19)9-12-5-3-2-4-6-12/h2-8,10H,9H2,1H3.